The standard InChI is InChI=1S/C20H30N6S/c1-16-24-18(15-27-16)14-25(3)20(21-2)23-13-17-8-9-22-19(12-17)26-10-6-4-5-7-11-26/h8-9,12,15H,4-7,10-11,13-14H2,1-3H3,(H,21,23). The van der Waals surface area contributed by atoms with Crippen molar-refractivity contribution in [1.82, 2.24) is 20.2 Å². The van der Waals surface area contributed by atoms with Gasteiger partial charge in [0.25, 0.3) is 0 Å². The molecule has 0 aliphatic carbocycles. The van der Waals surface area contributed by atoms with Gasteiger partial charge in [-0.05, 0) is 37.5 Å². The average molecular weight is 387 g/mol. The maximum atomic E-state index is 4.60. The fourth-order valence-corrected chi connectivity index (χ4v) is 4.01. The summed E-state index contributed by atoms with van der Waals surface area (Å²) in [6.07, 6.45) is 7.11. The summed E-state index contributed by atoms with van der Waals surface area (Å²) in [5.74, 6) is 1.96. The summed E-state index contributed by atoms with van der Waals surface area (Å²) in [5, 5.41) is 6.66. The summed E-state index contributed by atoms with van der Waals surface area (Å²) in [6.45, 7) is 5.74. The van der Waals surface area contributed by atoms with Crippen LogP contribution in [0, 0.1) is 6.92 Å². The number of pyridine rings is 1. The Morgan fingerprint density at radius 3 is 2.74 bits per heavy atom. The van der Waals surface area contributed by atoms with Crippen LogP contribution < -0.4 is 10.2 Å². The van der Waals surface area contributed by atoms with Gasteiger partial charge in [-0.15, -0.1) is 11.3 Å². The van der Waals surface area contributed by atoms with Crippen molar-refractivity contribution in [2.75, 3.05) is 32.1 Å². The zero-order valence-electron chi connectivity index (χ0n) is 16.6. The highest BCUT2D eigenvalue weighted by Crippen LogP contribution is 2.18. The van der Waals surface area contributed by atoms with Crippen LogP contribution in [0.3, 0.4) is 0 Å². The van der Waals surface area contributed by atoms with Gasteiger partial charge in [-0.3, -0.25) is 4.99 Å². The molecule has 0 saturated carbocycles. The van der Waals surface area contributed by atoms with Crippen molar-refractivity contribution in [3.05, 3.63) is 40.0 Å². The molecule has 3 rings (SSSR count). The molecule has 2 aromatic heterocycles. The summed E-state index contributed by atoms with van der Waals surface area (Å²) in [5.41, 5.74) is 2.30. The number of guanidine groups is 1. The molecule has 1 fully saturated rings. The minimum Gasteiger partial charge on any atom is -0.357 e. The number of anilines is 1. The second-order valence-corrected chi connectivity index (χ2v) is 8.10. The minimum absolute atomic E-state index is 0.733. The van der Waals surface area contributed by atoms with E-state index in [9.17, 15) is 0 Å². The van der Waals surface area contributed by atoms with Gasteiger partial charge in [0.1, 0.15) is 5.82 Å². The number of nitrogens with one attached hydrogen (secondary N) is 1. The molecule has 0 radical (unpaired) electrons. The van der Waals surface area contributed by atoms with Gasteiger partial charge in [-0.25, -0.2) is 9.97 Å². The lowest BCUT2D eigenvalue weighted by molar-refractivity contribution is 0.470. The zero-order valence-corrected chi connectivity index (χ0v) is 17.4. The third kappa shape index (κ3) is 5.66. The van der Waals surface area contributed by atoms with Gasteiger partial charge in [0.05, 0.1) is 17.2 Å². The lowest BCUT2D eigenvalue weighted by Gasteiger charge is -2.23. The first-order chi connectivity index (χ1) is 13.2. The van der Waals surface area contributed by atoms with Gasteiger partial charge in [0, 0.05) is 45.3 Å². The Bertz CT molecular complexity index is 748. The van der Waals surface area contributed by atoms with Crippen LogP contribution in [0.15, 0.2) is 28.7 Å². The molecule has 0 bridgehead atoms. The monoisotopic (exact) mass is 386 g/mol. The fourth-order valence-electron chi connectivity index (χ4n) is 3.41. The van der Waals surface area contributed by atoms with Crippen LogP contribution in [-0.4, -0.2) is 48.0 Å². The van der Waals surface area contributed by atoms with Crippen LogP contribution >= 0.6 is 11.3 Å². The molecule has 0 spiro atoms. The zero-order chi connectivity index (χ0) is 19.1. The molecule has 146 valence electrons. The lowest BCUT2D eigenvalue weighted by atomic mass is 10.2. The second-order valence-electron chi connectivity index (χ2n) is 7.04. The first kappa shape index (κ1) is 19.6. The van der Waals surface area contributed by atoms with Gasteiger partial charge < -0.3 is 15.1 Å². The van der Waals surface area contributed by atoms with Gasteiger partial charge in [-0.2, -0.15) is 0 Å². The first-order valence-corrected chi connectivity index (χ1v) is 10.6. The molecule has 27 heavy (non-hydrogen) atoms. The molecule has 6 nitrogen and oxygen atoms in total. The van der Waals surface area contributed by atoms with E-state index in [1.807, 2.05) is 27.2 Å². The van der Waals surface area contributed by atoms with E-state index in [0.29, 0.717) is 0 Å². The minimum atomic E-state index is 0.733. The molecule has 0 unspecified atom stereocenters. The van der Waals surface area contributed by atoms with Gasteiger partial charge in [-0.1, -0.05) is 12.8 Å². The maximum Gasteiger partial charge on any atom is 0.194 e. The third-order valence-electron chi connectivity index (χ3n) is 4.83. The molecule has 0 amide bonds. The van der Waals surface area contributed by atoms with E-state index in [-0.39, 0.29) is 0 Å². The van der Waals surface area contributed by atoms with E-state index in [1.165, 1.54) is 31.2 Å². The SMILES string of the molecule is CN=C(NCc1ccnc(N2CCCCCC2)c1)N(C)Cc1csc(C)n1. The summed E-state index contributed by atoms with van der Waals surface area (Å²) in [4.78, 5) is 18.1. The van der Waals surface area contributed by atoms with E-state index < -0.39 is 0 Å². The van der Waals surface area contributed by atoms with E-state index in [1.54, 1.807) is 11.3 Å². The normalized spacial score (nSPS) is 15.5. The van der Waals surface area contributed by atoms with Crippen LogP contribution in [0.25, 0.3) is 0 Å². The molecule has 0 aromatic carbocycles. The Labute approximate surface area is 166 Å². The van der Waals surface area contributed by atoms with E-state index in [2.05, 4.69) is 47.6 Å². The summed E-state index contributed by atoms with van der Waals surface area (Å²) < 4.78 is 0. The number of aromatic nitrogens is 2. The van der Waals surface area contributed by atoms with Crippen molar-refractivity contribution in [1.29, 1.82) is 0 Å². The molecular formula is C20H30N6S. The molecule has 7 heteroatoms. The average Bonchev–Trinajstić information content (AvgIpc) is 2.92. The van der Waals surface area contributed by atoms with Crippen molar-refractivity contribution >= 4 is 23.1 Å². The predicted molar refractivity (Wildman–Crippen MR) is 113 cm³/mol. The summed E-state index contributed by atoms with van der Waals surface area (Å²) >= 11 is 1.68. The number of thiazole rings is 1. The van der Waals surface area contributed by atoms with Crippen molar-refractivity contribution in [3.8, 4) is 0 Å². The fraction of sp³-hybridized carbons (Fsp3) is 0.550. The molecule has 3 heterocycles. The number of nitrogens with zero attached hydrogens (tertiary/aromatic N) is 5. The Morgan fingerprint density at radius 1 is 1.30 bits per heavy atom. The van der Waals surface area contributed by atoms with E-state index >= 15 is 0 Å². The molecule has 1 aliphatic rings. The number of aryl methyl sites for hydroxylation is 1. The predicted octanol–water partition coefficient (Wildman–Crippen LogP) is 3.43. The van der Waals surface area contributed by atoms with Crippen LogP contribution in [0.1, 0.15) is 41.9 Å². The smallest absolute Gasteiger partial charge is 0.194 e. The highest BCUT2D eigenvalue weighted by atomic mass is 32.1. The number of aliphatic imine (C=N–C) groups is 1. The highest BCUT2D eigenvalue weighted by Gasteiger charge is 2.12. The summed E-state index contributed by atoms with van der Waals surface area (Å²) in [7, 11) is 3.86. The van der Waals surface area contributed by atoms with Gasteiger partial charge in [0.2, 0.25) is 0 Å². The molecule has 1 N–H and O–H groups in total. The van der Waals surface area contributed by atoms with Crippen molar-refractivity contribution < 1.29 is 0 Å². The second kappa shape index (κ2) is 9.69. The van der Waals surface area contributed by atoms with Crippen LogP contribution in [-0.2, 0) is 13.1 Å². The Morgan fingerprint density at radius 2 is 2.07 bits per heavy atom. The third-order valence-corrected chi connectivity index (χ3v) is 5.65. The molecular weight excluding hydrogens is 356 g/mol. The Balaban J connectivity index is 1.58. The largest absolute Gasteiger partial charge is 0.357 e. The maximum absolute atomic E-state index is 4.60. The number of hydrogen-bond donors (Lipinski definition) is 1. The van der Waals surface area contributed by atoms with Crippen molar-refractivity contribution in [2.45, 2.75) is 45.7 Å². The topological polar surface area (TPSA) is 56.7 Å². The number of rotatable bonds is 5. The summed E-state index contributed by atoms with van der Waals surface area (Å²) in [6, 6.07) is 4.28. The van der Waals surface area contributed by atoms with E-state index in [0.717, 1.165) is 48.7 Å². The lowest BCUT2D eigenvalue weighted by Crippen LogP contribution is -2.38. The van der Waals surface area contributed by atoms with Crippen LogP contribution in [0.4, 0.5) is 5.82 Å². The van der Waals surface area contributed by atoms with Crippen molar-refractivity contribution in [2.24, 2.45) is 4.99 Å². The quantitative estimate of drug-likeness (QED) is 0.630. The van der Waals surface area contributed by atoms with Crippen molar-refractivity contribution in [3.63, 3.8) is 0 Å². The van der Waals surface area contributed by atoms with Crippen LogP contribution in [0.2, 0.25) is 0 Å². The number of hydrogen-bond acceptors (Lipinski definition) is 5. The first-order valence-electron chi connectivity index (χ1n) is 9.68. The van der Waals surface area contributed by atoms with Gasteiger partial charge in [0.15, 0.2) is 5.96 Å². The Hall–Kier alpha value is -2.15. The highest BCUT2D eigenvalue weighted by molar-refractivity contribution is 7.09. The Kier molecular flexibility index (Phi) is 7.04. The van der Waals surface area contributed by atoms with E-state index in [4.69, 9.17) is 0 Å². The van der Waals surface area contributed by atoms with Crippen LogP contribution in [0.5, 0.6) is 0 Å². The molecule has 1 saturated heterocycles. The molecule has 2 aromatic rings. The molecule has 1 aliphatic heterocycles. The van der Waals surface area contributed by atoms with Gasteiger partial charge >= 0.3 is 0 Å². The molecule has 0 atom stereocenters.